The topological polar surface area (TPSA) is 60.2 Å². The number of benzene rings is 1. The van der Waals surface area contributed by atoms with Crippen LogP contribution >= 0.6 is 11.6 Å². The summed E-state index contributed by atoms with van der Waals surface area (Å²) in [4.78, 5) is 19.6. The molecule has 0 N–H and O–H groups in total. The van der Waals surface area contributed by atoms with Crippen LogP contribution in [0.3, 0.4) is 0 Å². The molecular formula is C7H2ClF2NO3. The highest BCUT2D eigenvalue weighted by atomic mass is 35.5. The minimum atomic E-state index is -1.61. The van der Waals surface area contributed by atoms with E-state index in [1.807, 2.05) is 0 Å². The molecule has 0 spiro atoms. The van der Waals surface area contributed by atoms with Crippen molar-refractivity contribution in [2.45, 2.75) is 0 Å². The lowest BCUT2D eigenvalue weighted by molar-refractivity contribution is -0.387. The van der Waals surface area contributed by atoms with Crippen molar-refractivity contribution in [2.75, 3.05) is 0 Å². The minimum absolute atomic E-state index is 0.461. The van der Waals surface area contributed by atoms with Gasteiger partial charge >= 0.3 is 5.69 Å². The lowest BCUT2D eigenvalue weighted by Gasteiger charge is -1.97. The summed E-state index contributed by atoms with van der Waals surface area (Å²) in [6.07, 6.45) is 0. The van der Waals surface area contributed by atoms with Gasteiger partial charge in [-0.15, -0.1) is 0 Å². The maximum Gasteiger partial charge on any atom is 0.308 e. The van der Waals surface area contributed by atoms with Crippen LogP contribution in [0.25, 0.3) is 0 Å². The first kappa shape index (κ1) is 10.5. The van der Waals surface area contributed by atoms with Crippen LogP contribution < -0.4 is 0 Å². The Morgan fingerprint density at radius 1 is 1.43 bits per heavy atom. The van der Waals surface area contributed by atoms with Gasteiger partial charge in [0.1, 0.15) is 0 Å². The molecule has 1 aromatic rings. The Hall–Kier alpha value is -1.56. The Labute approximate surface area is 81.2 Å². The summed E-state index contributed by atoms with van der Waals surface area (Å²) in [5.41, 5.74) is -1.58. The van der Waals surface area contributed by atoms with E-state index in [1.54, 1.807) is 0 Å². The van der Waals surface area contributed by atoms with Crippen molar-refractivity contribution < 1.29 is 18.5 Å². The molecule has 0 amide bonds. The Balaban J connectivity index is 3.43. The first-order valence-electron chi connectivity index (χ1n) is 3.26. The number of carbonyl (C=O) groups excluding carboxylic acids is 1. The Morgan fingerprint density at radius 2 is 2.00 bits per heavy atom. The van der Waals surface area contributed by atoms with Gasteiger partial charge in [0.25, 0.3) is 5.24 Å². The average molecular weight is 222 g/mol. The lowest BCUT2D eigenvalue weighted by atomic mass is 10.2. The summed E-state index contributed by atoms with van der Waals surface area (Å²) in [6, 6.07) is 1.07. The third-order valence-corrected chi connectivity index (χ3v) is 1.65. The van der Waals surface area contributed by atoms with E-state index in [-0.39, 0.29) is 0 Å². The van der Waals surface area contributed by atoms with E-state index in [4.69, 9.17) is 11.6 Å². The molecule has 1 aromatic carbocycles. The molecule has 0 aromatic heterocycles. The Morgan fingerprint density at radius 3 is 2.43 bits per heavy atom. The second kappa shape index (κ2) is 3.67. The first-order valence-corrected chi connectivity index (χ1v) is 3.64. The van der Waals surface area contributed by atoms with Crippen molar-refractivity contribution in [3.63, 3.8) is 0 Å². The maximum absolute atomic E-state index is 12.7. The number of nitro groups is 1. The van der Waals surface area contributed by atoms with Crippen LogP contribution in [0, 0.1) is 21.7 Å². The summed E-state index contributed by atoms with van der Waals surface area (Å²) in [5, 5.41) is 9.10. The molecule has 4 nitrogen and oxygen atoms in total. The number of rotatable bonds is 2. The van der Waals surface area contributed by atoms with Gasteiger partial charge in [0, 0.05) is 11.6 Å². The molecule has 7 heteroatoms. The third kappa shape index (κ3) is 1.85. The zero-order chi connectivity index (χ0) is 10.9. The molecule has 1 rings (SSSR count). The van der Waals surface area contributed by atoms with Gasteiger partial charge in [0.15, 0.2) is 5.82 Å². The van der Waals surface area contributed by atoms with E-state index in [9.17, 15) is 23.7 Å². The quantitative estimate of drug-likeness (QED) is 0.437. The fourth-order valence-corrected chi connectivity index (χ4v) is 0.930. The lowest BCUT2D eigenvalue weighted by Crippen LogP contribution is -1.99. The van der Waals surface area contributed by atoms with Crippen LogP contribution in [-0.2, 0) is 0 Å². The van der Waals surface area contributed by atoms with Crippen LogP contribution in [-0.4, -0.2) is 10.2 Å². The van der Waals surface area contributed by atoms with Crippen molar-refractivity contribution in [3.8, 4) is 0 Å². The van der Waals surface area contributed by atoms with E-state index in [2.05, 4.69) is 0 Å². The standard InChI is InChI=1S/C7H2ClF2NO3/c8-7(12)3-1-4(9)6(10)5(2-3)11(13)14/h1-2H. The second-order valence-corrected chi connectivity index (χ2v) is 2.67. The minimum Gasteiger partial charge on any atom is -0.276 e. The molecular weight excluding hydrogens is 220 g/mol. The van der Waals surface area contributed by atoms with Crippen molar-refractivity contribution in [1.29, 1.82) is 0 Å². The molecule has 0 bridgehead atoms. The van der Waals surface area contributed by atoms with Gasteiger partial charge < -0.3 is 0 Å². The predicted molar refractivity (Wildman–Crippen MR) is 43.2 cm³/mol. The van der Waals surface area contributed by atoms with Gasteiger partial charge in [-0.1, -0.05) is 0 Å². The Kier molecular flexibility index (Phi) is 2.76. The highest BCUT2D eigenvalue weighted by molar-refractivity contribution is 6.67. The fraction of sp³-hybridized carbons (Fsp3) is 0. The summed E-state index contributed by atoms with van der Waals surface area (Å²) in [7, 11) is 0. The van der Waals surface area contributed by atoms with Crippen LogP contribution in [0.5, 0.6) is 0 Å². The summed E-state index contributed by atoms with van der Waals surface area (Å²) in [6.45, 7) is 0. The van der Waals surface area contributed by atoms with E-state index < -0.39 is 33.1 Å². The molecule has 0 aliphatic rings. The zero-order valence-electron chi connectivity index (χ0n) is 6.46. The first-order chi connectivity index (χ1) is 6.43. The number of halogens is 3. The number of nitrogens with zero attached hydrogens (tertiary/aromatic N) is 1. The largest absolute Gasteiger partial charge is 0.308 e. The summed E-state index contributed by atoms with van der Waals surface area (Å²) < 4.78 is 25.4. The normalized spacial score (nSPS) is 9.93. The second-order valence-electron chi connectivity index (χ2n) is 2.32. The van der Waals surface area contributed by atoms with Gasteiger partial charge in [-0.25, -0.2) is 4.39 Å². The van der Waals surface area contributed by atoms with Crippen molar-refractivity contribution in [2.24, 2.45) is 0 Å². The molecule has 0 saturated carbocycles. The van der Waals surface area contributed by atoms with Gasteiger partial charge in [0.2, 0.25) is 5.82 Å². The van der Waals surface area contributed by atoms with E-state index in [0.717, 1.165) is 0 Å². The van der Waals surface area contributed by atoms with Gasteiger partial charge in [-0.3, -0.25) is 14.9 Å². The molecule has 0 saturated heterocycles. The molecule has 0 fully saturated rings. The molecule has 0 atom stereocenters. The van der Waals surface area contributed by atoms with Gasteiger partial charge in [-0.05, 0) is 17.7 Å². The highest BCUT2D eigenvalue weighted by Gasteiger charge is 2.21. The molecule has 0 aliphatic heterocycles. The monoisotopic (exact) mass is 221 g/mol. The van der Waals surface area contributed by atoms with Crippen LogP contribution in [0.2, 0.25) is 0 Å². The predicted octanol–water partition coefficient (Wildman–Crippen LogP) is 2.25. The molecule has 74 valence electrons. The molecule has 0 heterocycles. The van der Waals surface area contributed by atoms with Crippen molar-refractivity contribution >= 4 is 22.5 Å². The fourth-order valence-electron chi connectivity index (χ4n) is 0.821. The number of hydrogen-bond donors (Lipinski definition) is 0. The summed E-state index contributed by atoms with van der Waals surface area (Å²) >= 11 is 4.95. The summed E-state index contributed by atoms with van der Waals surface area (Å²) in [5.74, 6) is -3.10. The van der Waals surface area contributed by atoms with Crippen LogP contribution in [0.4, 0.5) is 14.5 Å². The van der Waals surface area contributed by atoms with Gasteiger partial charge in [-0.2, -0.15) is 4.39 Å². The molecule has 14 heavy (non-hydrogen) atoms. The SMILES string of the molecule is O=C(Cl)c1cc(F)c(F)c([N+](=O)[O-])c1. The number of carbonyl (C=O) groups is 1. The maximum atomic E-state index is 12.7. The molecule has 0 unspecified atom stereocenters. The zero-order valence-corrected chi connectivity index (χ0v) is 7.22. The van der Waals surface area contributed by atoms with E-state index in [0.29, 0.717) is 12.1 Å². The highest BCUT2D eigenvalue weighted by Crippen LogP contribution is 2.22. The van der Waals surface area contributed by atoms with E-state index in [1.165, 1.54) is 0 Å². The average Bonchev–Trinajstić information content (AvgIpc) is 2.08. The van der Waals surface area contributed by atoms with Gasteiger partial charge in [0.05, 0.1) is 4.92 Å². The molecule has 0 aliphatic carbocycles. The number of hydrogen-bond acceptors (Lipinski definition) is 3. The van der Waals surface area contributed by atoms with Crippen molar-refractivity contribution in [1.82, 2.24) is 0 Å². The van der Waals surface area contributed by atoms with Crippen LogP contribution in [0.15, 0.2) is 12.1 Å². The molecule has 0 radical (unpaired) electrons. The van der Waals surface area contributed by atoms with Crippen molar-refractivity contribution in [3.05, 3.63) is 39.4 Å². The smallest absolute Gasteiger partial charge is 0.276 e. The third-order valence-electron chi connectivity index (χ3n) is 1.43. The van der Waals surface area contributed by atoms with Crippen LogP contribution in [0.1, 0.15) is 10.4 Å². The Bertz CT molecular complexity index is 422. The number of nitro benzene ring substituents is 1. The van der Waals surface area contributed by atoms with E-state index >= 15 is 0 Å².